The summed E-state index contributed by atoms with van der Waals surface area (Å²) in [5.41, 5.74) is 2.92. The molecule has 0 bridgehead atoms. The molecule has 0 spiro atoms. The van der Waals surface area contributed by atoms with Gasteiger partial charge >= 0.3 is 0 Å². The third kappa shape index (κ3) is 3.70. The first kappa shape index (κ1) is 13.6. The van der Waals surface area contributed by atoms with Crippen LogP contribution in [-0.4, -0.2) is 10.3 Å². The molecule has 3 nitrogen and oxygen atoms in total. The summed E-state index contributed by atoms with van der Waals surface area (Å²) in [6.07, 6.45) is 1.02. The van der Waals surface area contributed by atoms with Crippen molar-refractivity contribution in [1.82, 2.24) is 10.3 Å². The van der Waals surface area contributed by atoms with E-state index in [0.717, 1.165) is 17.5 Å². The van der Waals surface area contributed by atoms with E-state index in [1.165, 1.54) is 5.56 Å². The average Bonchev–Trinajstić information content (AvgIpc) is 2.81. The average molecular weight is 208 g/mol. The topological polar surface area (TPSA) is 38.9 Å². The van der Waals surface area contributed by atoms with Crippen LogP contribution >= 0.6 is 0 Å². The SMILES string of the molecule is CC.CC.CCc1ccc2nonc2c1. The molecule has 0 unspecified atom stereocenters. The quantitative estimate of drug-likeness (QED) is 0.714. The summed E-state index contributed by atoms with van der Waals surface area (Å²) < 4.78 is 4.56. The van der Waals surface area contributed by atoms with Crippen LogP contribution in [0, 0.1) is 0 Å². The van der Waals surface area contributed by atoms with Gasteiger partial charge in [-0.1, -0.05) is 40.7 Å². The summed E-state index contributed by atoms with van der Waals surface area (Å²) in [4.78, 5) is 0. The number of hydrogen-bond donors (Lipinski definition) is 0. The fourth-order valence-corrected chi connectivity index (χ4v) is 1.05. The normalized spacial score (nSPS) is 8.60. The van der Waals surface area contributed by atoms with Gasteiger partial charge in [0.2, 0.25) is 0 Å². The van der Waals surface area contributed by atoms with Crippen LogP contribution in [0.25, 0.3) is 11.0 Å². The maximum atomic E-state index is 4.56. The van der Waals surface area contributed by atoms with Crippen molar-refractivity contribution in [3.8, 4) is 0 Å². The molecule has 0 radical (unpaired) electrons. The number of hydrogen-bond acceptors (Lipinski definition) is 3. The number of rotatable bonds is 1. The molecule has 0 fully saturated rings. The Bertz CT molecular complexity index is 368. The van der Waals surface area contributed by atoms with Crippen molar-refractivity contribution >= 4 is 11.0 Å². The van der Waals surface area contributed by atoms with Crippen molar-refractivity contribution in [3.05, 3.63) is 23.8 Å². The molecule has 3 heteroatoms. The van der Waals surface area contributed by atoms with Crippen LogP contribution in [-0.2, 0) is 6.42 Å². The fourth-order valence-electron chi connectivity index (χ4n) is 1.05. The summed E-state index contributed by atoms with van der Waals surface area (Å²) >= 11 is 0. The van der Waals surface area contributed by atoms with E-state index in [4.69, 9.17) is 0 Å². The van der Waals surface area contributed by atoms with Crippen molar-refractivity contribution < 1.29 is 4.63 Å². The molecule has 0 saturated heterocycles. The van der Waals surface area contributed by atoms with Gasteiger partial charge in [-0.05, 0) is 34.4 Å². The van der Waals surface area contributed by atoms with Crippen LogP contribution < -0.4 is 0 Å². The Labute approximate surface area is 91.5 Å². The van der Waals surface area contributed by atoms with Crippen LogP contribution in [0.15, 0.2) is 22.8 Å². The van der Waals surface area contributed by atoms with Crippen LogP contribution in [0.4, 0.5) is 0 Å². The Balaban J connectivity index is 0.000000442. The Morgan fingerprint density at radius 1 is 1.00 bits per heavy atom. The molecule has 1 heterocycles. The van der Waals surface area contributed by atoms with E-state index in [1.807, 2.05) is 45.9 Å². The van der Waals surface area contributed by atoms with Gasteiger partial charge in [0.05, 0.1) is 0 Å². The standard InChI is InChI=1S/C8H8N2O.2C2H6/c1-2-6-3-4-7-8(5-6)10-11-9-7;2*1-2/h3-5H,2H2,1H3;2*1-2H3. The second-order valence-corrected chi connectivity index (χ2v) is 2.44. The predicted molar refractivity (Wildman–Crippen MR) is 63.9 cm³/mol. The monoisotopic (exact) mass is 208 g/mol. The Morgan fingerprint density at radius 2 is 1.60 bits per heavy atom. The molecule has 0 amide bonds. The third-order valence-electron chi connectivity index (χ3n) is 1.73. The van der Waals surface area contributed by atoms with Gasteiger partial charge in [-0.15, -0.1) is 0 Å². The van der Waals surface area contributed by atoms with E-state index in [0.29, 0.717) is 0 Å². The second-order valence-electron chi connectivity index (χ2n) is 2.44. The Kier molecular flexibility index (Phi) is 7.24. The molecule has 2 aromatic rings. The molecular weight excluding hydrogens is 188 g/mol. The van der Waals surface area contributed by atoms with Crippen LogP contribution in [0.1, 0.15) is 40.2 Å². The molecule has 0 saturated carbocycles. The van der Waals surface area contributed by atoms with Gasteiger partial charge in [0.15, 0.2) is 0 Å². The number of nitrogens with zero attached hydrogens (tertiary/aromatic N) is 2. The highest BCUT2D eigenvalue weighted by molar-refractivity contribution is 5.73. The number of fused-ring (bicyclic) bond motifs is 1. The lowest BCUT2D eigenvalue weighted by molar-refractivity contribution is 0.315. The molecule has 0 N–H and O–H groups in total. The molecule has 2 rings (SSSR count). The first-order valence-corrected chi connectivity index (χ1v) is 5.61. The maximum Gasteiger partial charge on any atom is 0.135 e. The highest BCUT2D eigenvalue weighted by Crippen LogP contribution is 2.11. The van der Waals surface area contributed by atoms with E-state index >= 15 is 0 Å². The molecule has 15 heavy (non-hydrogen) atoms. The minimum atomic E-state index is 0.821. The van der Waals surface area contributed by atoms with Crippen LogP contribution in [0.3, 0.4) is 0 Å². The summed E-state index contributed by atoms with van der Waals surface area (Å²) in [5.74, 6) is 0. The van der Waals surface area contributed by atoms with Crippen LogP contribution in [0.2, 0.25) is 0 Å². The zero-order chi connectivity index (χ0) is 11.7. The largest absolute Gasteiger partial charge is 0.243 e. The van der Waals surface area contributed by atoms with Crippen molar-refractivity contribution in [1.29, 1.82) is 0 Å². The van der Waals surface area contributed by atoms with Gasteiger partial charge in [0, 0.05) is 0 Å². The summed E-state index contributed by atoms with van der Waals surface area (Å²) in [7, 11) is 0. The lowest BCUT2D eigenvalue weighted by atomic mass is 10.1. The third-order valence-corrected chi connectivity index (χ3v) is 1.73. The zero-order valence-electron chi connectivity index (χ0n) is 10.2. The van der Waals surface area contributed by atoms with E-state index in [-0.39, 0.29) is 0 Å². The summed E-state index contributed by atoms with van der Waals surface area (Å²) in [6.45, 7) is 10.1. The van der Waals surface area contributed by atoms with E-state index in [9.17, 15) is 0 Å². The van der Waals surface area contributed by atoms with Crippen molar-refractivity contribution in [2.45, 2.75) is 41.0 Å². The van der Waals surface area contributed by atoms with Gasteiger partial charge in [-0.25, -0.2) is 4.63 Å². The Morgan fingerprint density at radius 3 is 2.20 bits per heavy atom. The number of aryl methyl sites for hydroxylation is 1. The fraction of sp³-hybridized carbons (Fsp3) is 0.500. The second kappa shape index (κ2) is 7.97. The lowest BCUT2D eigenvalue weighted by Gasteiger charge is -1.91. The highest BCUT2D eigenvalue weighted by atomic mass is 16.6. The first-order valence-electron chi connectivity index (χ1n) is 5.61. The molecular formula is C12H20N2O. The van der Waals surface area contributed by atoms with Gasteiger partial charge in [-0.2, -0.15) is 0 Å². The summed E-state index contributed by atoms with van der Waals surface area (Å²) in [6, 6.07) is 5.95. The minimum Gasteiger partial charge on any atom is -0.243 e. The van der Waals surface area contributed by atoms with Crippen LogP contribution in [0.5, 0.6) is 0 Å². The molecule has 0 atom stereocenters. The van der Waals surface area contributed by atoms with Crippen molar-refractivity contribution in [2.24, 2.45) is 0 Å². The molecule has 0 aliphatic carbocycles. The Hall–Kier alpha value is -1.38. The van der Waals surface area contributed by atoms with Crippen molar-refractivity contribution in [3.63, 3.8) is 0 Å². The van der Waals surface area contributed by atoms with Gasteiger partial charge in [0.1, 0.15) is 11.0 Å². The smallest absolute Gasteiger partial charge is 0.135 e. The summed E-state index contributed by atoms with van der Waals surface area (Å²) in [5, 5.41) is 7.45. The van der Waals surface area contributed by atoms with Gasteiger partial charge < -0.3 is 0 Å². The van der Waals surface area contributed by atoms with Crippen molar-refractivity contribution in [2.75, 3.05) is 0 Å². The number of aromatic nitrogens is 2. The predicted octanol–water partition coefficient (Wildman–Crippen LogP) is 3.84. The number of benzene rings is 1. The van der Waals surface area contributed by atoms with E-state index in [2.05, 4.69) is 21.9 Å². The van der Waals surface area contributed by atoms with Gasteiger partial charge in [0.25, 0.3) is 0 Å². The van der Waals surface area contributed by atoms with E-state index in [1.54, 1.807) is 0 Å². The molecule has 0 aliphatic heterocycles. The zero-order valence-corrected chi connectivity index (χ0v) is 10.2. The molecule has 1 aromatic carbocycles. The van der Waals surface area contributed by atoms with E-state index < -0.39 is 0 Å². The molecule has 0 aliphatic rings. The highest BCUT2D eigenvalue weighted by Gasteiger charge is 1.98. The molecule has 1 aromatic heterocycles. The van der Waals surface area contributed by atoms with Gasteiger partial charge in [-0.3, -0.25) is 0 Å². The lowest BCUT2D eigenvalue weighted by Crippen LogP contribution is -1.78. The maximum absolute atomic E-state index is 4.56. The molecule has 84 valence electrons. The minimum absolute atomic E-state index is 0.821. The first-order chi connectivity index (χ1) is 7.40.